The molecule has 3 aromatic carbocycles. The predicted octanol–water partition coefficient (Wildman–Crippen LogP) is 5.18. The molecule has 6 nitrogen and oxygen atoms in total. The van der Waals surface area contributed by atoms with E-state index in [0.717, 1.165) is 11.3 Å². The van der Waals surface area contributed by atoms with E-state index in [0.29, 0.717) is 16.7 Å². The lowest BCUT2D eigenvalue weighted by Gasteiger charge is -2.07. The van der Waals surface area contributed by atoms with Crippen LogP contribution in [0.2, 0.25) is 0 Å². The molecule has 1 N–H and O–H groups in total. The van der Waals surface area contributed by atoms with Crippen molar-refractivity contribution < 1.29 is 8.42 Å². The second-order valence-electron chi connectivity index (χ2n) is 5.68. The fourth-order valence-electron chi connectivity index (χ4n) is 2.27. The van der Waals surface area contributed by atoms with Crippen molar-refractivity contribution in [2.75, 3.05) is 5.33 Å². The average Bonchev–Trinajstić information content (AvgIpc) is 2.75. The van der Waals surface area contributed by atoms with Gasteiger partial charge in [-0.15, -0.1) is 0 Å². The zero-order chi connectivity index (χ0) is 19.8. The van der Waals surface area contributed by atoms with Crippen molar-refractivity contribution in [2.45, 2.75) is 4.90 Å². The fraction of sp³-hybridized carbons (Fsp3) is 0.0500. The number of hydrazone groups is 1. The van der Waals surface area contributed by atoms with Crippen molar-refractivity contribution in [3.63, 3.8) is 0 Å². The van der Waals surface area contributed by atoms with Gasteiger partial charge in [0.1, 0.15) is 0 Å². The number of hydrogen-bond donors (Lipinski definition) is 1. The van der Waals surface area contributed by atoms with Crippen molar-refractivity contribution in [1.29, 1.82) is 0 Å². The Kier molecular flexibility index (Phi) is 6.67. The van der Waals surface area contributed by atoms with E-state index < -0.39 is 10.0 Å². The van der Waals surface area contributed by atoms with Crippen molar-refractivity contribution in [1.82, 2.24) is 4.83 Å². The van der Waals surface area contributed by atoms with Crippen LogP contribution in [0.4, 0.5) is 11.4 Å². The third-order valence-electron chi connectivity index (χ3n) is 3.72. The monoisotopic (exact) mass is 456 g/mol. The Morgan fingerprint density at radius 1 is 0.786 bits per heavy atom. The molecule has 0 aliphatic rings. The Morgan fingerprint density at radius 3 is 1.89 bits per heavy atom. The van der Waals surface area contributed by atoms with Crippen LogP contribution in [0, 0.1) is 0 Å². The van der Waals surface area contributed by atoms with Gasteiger partial charge in [-0.3, -0.25) is 0 Å². The van der Waals surface area contributed by atoms with Crippen molar-refractivity contribution in [3.05, 3.63) is 90.5 Å². The maximum atomic E-state index is 12.3. The molecule has 0 amide bonds. The number of nitrogens with zero attached hydrogens (tertiary/aromatic N) is 3. The first kappa shape index (κ1) is 19.9. The molecule has 0 aromatic heterocycles. The molecule has 0 atom stereocenters. The summed E-state index contributed by atoms with van der Waals surface area (Å²) in [4.78, 5) is 2.43. The van der Waals surface area contributed by atoms with Gasteiger partial charge < -0.3 is 0 Å². The minimum Gasteiger partial charge on any atom is -0.200 e. The molecule has 28 heavy (non-hydrogen) atoms. The smallest absolute Gasteiger partial charge is 0.200 e. The average molecular weight is 457 g/mol. The van der Waals surface area contributed by atoms with Gasteiger partial charge in [-0.1, -0.05) is 64.5 Å². The zero-order valence-electron chi connectivity index (χ0n) is 14.7. The van der Waals surface area contributed by atoms with Gasteiger partial charge in [0.15, 0.2) is 0 Å². The van der Waals surface area contributed by atoms with E-state index in [-0.39, 0.29) is 4.90 Å². The molecule has 142 valence electrons. The summed E-state index contributed by atoms with van der Waals surface area (Å²) in [7, 11) is -3.71. The topological polar surface area (TPSA) is 83.2 Å². The summed E-state index contributed by atoms with van der Waals surface area (Å²) < 4.78 is 24.6. The largest absolute Gasteiger partial charge is 0.276 e. The summed E-state index contributed by atoms with van der Waals surface area (Å²) in [5, 5.41) is 12.8. The Balaban J connectivity index is 1.74. The van der Waals surface area contributed by atoms with Gasteiger partial charge in [0.25, 0.3) is 10.0 Å². The zero-order valence-corrected chi connectivity index (χ0v) is 17.1. The molecular weight excluding hydrogens is 440 g/mol. The van der Waals surface area contributed by atoms with Crippen LogP contribution in [-0.2, 0) is 10.0 Å². The summed E-state index contributed by atoms with van der Waals surface area (Å²) in [5.41, 5.74) is 2.77. The summed E-state index contributed by atoms with van der Waals surface area (Å²) in [6.07, 6.45) is 0. The van der Waals surface area contributed by atoms with Crippen LogP contribution >= 0.6 is 15.9 Å². The van der Waals surface area contributed by atoms with Gasteiger partial charge in [-0.25, -0.2) is 0 Å². The maximum Gasteiger partial charge on any atom is 0.276 e. The minimum atomic E-state index is -3.71. The lowest BCUT2D eigenvalue weighted by molar-refractivity contribution is 0.584. The van der Waals surface area contributed by atoms with Crippen LogP contribution in [0.15, 0.2) is 105 Å². The van der Waals surface area contributed by atoms with Gasteiger partial charge in [0.2, 0.25) is 0 Å². The molecule has 3 rings (SSSR count). The van der Waals surface area contributed by atoms with Crippen LogP contribution < -0.4 is 4.83 Å². The molecule has 0 fully saturated rings. The maximum absolute atomic E-state index is 12.3. The number of nitrogens with one attached hydrogen (secondary N) is 1. The highest BCUT2D eigenvalue weighted by Gasteiger charge is 2.12. The molecule has 0 unspecified atom stereocenters. The number of alkyl halides is 1. The van der Waals surface area contributed by atoms with Crippen molar-refractivity contribution in [2.24, 2.45) is 15.3 Å². The summed E-state index contributed by atoms with van der Waals surface area (Å²) in [6, 6.07) is 24.8. The van der Waals surface area contributed by atoms with Gasteiger partial charge in [0.05, 0.1) is 22.0 Å². The highest BCUT2D eigenvalue weighted by molar-refractivity contribution is 9.09. The Bertz CT molecular complexity index is 1070. The molecule has 0 saturated heterocycles. The lowest BCUT2D eigenvalue weighted by Crippen LogP contribution is -2.21. The third kappa shape index (κ3) is 5.34. The molecule has 3 aromatic rings. The molecule has 8 heteroatoms. The normalized spacial score (nSPS) is 12.2. The van der Waals surface area contributed by atoms with Gasteiger partial charge in [-0.2, -0.15) is 28.6 Å². The van der Waals surface area contributed by atoms with Crippen molar-refractivity contribution in [3.8, 4) is 0 Å². The first-order chi connectivity index (χ1) is 13.6. The fourth-order valence-corrected chi connectivity index (χ4v) is 3.57. The first-order valence-corrected chi connectivity index (χ1v) is 11.0. The predicted molar refractivity (Wildman–Crippen MR) is 114 cm³/mol. The van der Waals surface area contributed by atoms with E-state index in [4.69, 9.17) is 0 Å². The van der Waals surface area contributed by atoms with E-state index in [1.807, 2.05) is 42.5 Å². The minimum absolute atomic E-state index is 0.157. The number of halogens is 1. The quantitative estimate of drug-likeness (QED) is 0.230. The lowest BCUT2D eigenvalue weighted by atomic mass is 10.1. The van der Waals surface area contributed by atoms with Crippen LogP contribution in [0.25, 0.3) is 0 Å². The number of benzene rings is 3. The van der Waals surface area contributed by atoms with E-state index in [1.54, 1.807) is 30.3 Å². The standard InChI is InChI=1S/C20H17BrN4O2S/c21-15-20(24-25-28(26,27)19-9-5-2-6-10-19)16-11-13-18(14-12-16)23-22-17-7-3-1-4-8-17/h1-14,25H,15H2/b23-22?,24-20+. The molecule has 0 radical (unpaired) electrons. The second-order valence-corrected chi connectivity index (χ2v) is 7.90. The van der Waals surface area contributed by atoms with Crippen LogP contribution in [-0.4, -0.2) is 19.5 Å². The summed E-state index contributed by atoms with van der Waals surface area (Å²) in [6.45, 7) is 0. The Labute approximate surface area is 172 Å². The van der Waals surface area contributed by atoms with E-state index in [2.05, 4.69) is 36.1 Å². The highest BCUT2D eigenvalue weighted by atomic mass is 79.9. The van der Waals surface area contributed by atoms with E-state index in [1.165, 1.54) is 12.1 Å². The Morgan fingerprint density at radius 2 is 1.32 bits per heavy atom. The van der Waals surface area contributed by atoms with Crippen LogP contribution in [0.1, 0.15) is 5.56 Å². The molecule has 0 spiro atoms. The summed E-state index contributed by atoms with van der Waals surface area (Å²) in [5.74, 6) is 0. The van der Waals surface area contributed by atoms with E-state index in [9.17, 15) is 8.42 Å². The van der Waals surface area contributed by atoms with Gasteiger partial charge in [-0.05, 0) is 42.0 Å². The number of rotatable bonds is 7. The van der Waals surface area contributed by atoms with Crippen molar-refractivity contribution >= 4 is 43.0 Å². The van der Waals surface area contributed by atoms with Crippen LogP contribution in [0.3, 0.4) is 0 Å². The second kappa shape index (κ2) is 9.38. The highest BCUT2D eigenvalue weighted by Crippen LogP contribution is 2.19. The summed E-state index contributed by atoms with van der Waals surface area (Å²) >= 11 is 3.35. The number of hydrogen-bond acceptors (Lipinski definition) is 5. The first-order valence-electron chi connectivity index (χ1n) is 8.35. The number of sulfonamides is 1. The Hall–Kier alpha value is -2.84. The third-order valence-corrected chi connectivity index (χ3v) is 5.47. The molecule has 0 heterocycles. The molecule has 0 aliphatic carbocycles. The van der Waals surface area contributed by atoms with Gasteiger partial charge in [0, 0.05) is 5.33 Å². The SMILES string of the molecule is O=S(=O)(N/N=C(\CBr)c1ccc(N=Nc2ccccc2)cc1)c1ccccc1. The molecule has 0 saturated carbocycles. The number of azo groups is 1. The molecule has 0 aliphatic heterocycles. The van der Waals surface area contributed by atoms with E-state index >= 15 is 0 Å². The molecular formula is C20H17BrN4O2S. The van der Waals surface area contributed by atoms with Crippen LogP contribution in [0.5, 0.6) is 0 Å². The molecule has 0 bridgehead atoms. The van der Waals surface area contributed by atoms with Gasteiger partial charge >= 0.3 is 0 Å².